The van der Waals surface area contributed by atoms with E-state index in [9.17, 15) is 8.42 Å². The molecule has 15 heavy (non-hydrogen) atoms. The minimum absolute atomic E-state index is 0.0210. The Morgan fingerprint density at radius 3 is 2.53 bits per heavy atom. The van der Waals surface area contributed by atoms with Crippen LogP contribution < -0.4 is 11.1 Å². The van der Waals surface area contributed by atoms with Crippen LogP contribution in [0.4, 0.5) is 0 Å². The van der Waals surface area contributed by atoms with Crippen LogP contribution in [-0.2, 0) is 10.0 Å². The molecule has 1 aromatic carbocycles. The Bertz CT molecular complexity index is 501. The third-order valence-corrected chi connectivity index (χ3v) is 2.75. The average molecular weight is 224 g/mol. The highest BCUT2D eigenvalue weighted by Gasteiger charge is 2.12. The van der Waals surface area contributed by atoms with E-state index < -0.39 is 16.0 Å². The lowest BCUT2D eigenvalue weighted by Gasteiger charge is -1.99. The van der Waals surface area contributed by atoms with E-state index in [4.69, 9.17) is 11.0 Å². The maximum atomic E-state index is 11.5. The summed E-state index contributed by atoms with van der Waals surface area (Å²) in [7, 11) is -3.83. The molecule has 0 saturated carbocycles. The number of nitrogens with one attached hydrogen (secondary N) is 1. The van der Waals surface area contributed by atoms with Gasteiger partial charge in [0, 0.05) is 0 Å². The van der Waals surface area contributed by atoms with E-state index in [2.05, 4.69) is 4.40 Å². The van der Waals surface area contributed by atoms with Crippen LogP contribution in [0, 0.1) is 11.5 Å². The van der Waals surface area contributed by atoms with Crippen molar-refractivity contribution in [3.8, 4) is 6.19 Å². The Morgan fingerprint density at radius 2 is 2.00 bits per heavy atom. The van der Waals surface area contributed by atoms with Crippen molar-refractivity contribution in [2.24, 2.45) is 10.1 Å². The molecule has 0 aromatic heterocycles. The van der Waals surface area contributed by atoms with Crippen molar-refractivity contribution < 1.29 is 8.42 Å². The molecule has 0 saturated heterocycles. The number of nitriles is 1. The molecule has 0 aliphatic carbocycles. The van der Waals surface area contributed by atoms with Crippen LogP contribution in [0.1, 0.15) is 0 Å². The predicted molar refractivity (Wildman–Crippen MR) is 54.0 cm³/mol. The first-order chi connectivity index (χ1) is 7.06. The second-order valence-electron chi connectivity index (χ2n) is 2.50. The fourth-order valence-electron chi connectivity index (χ4n) is 0.855. The number of nitrogens with zero attached hydrogens (tertiary/aromatic N) is 2. The molecule has 3 N–H and O–H groups in total. The molecule has 7 heteroatoms. The lowest BCUT2D eigenvalue weighted by Crippen LogP contribution is -2.28. The van der Waals surface area contributed by atoms with E-state index in [0.717, 1.165) is 0 Å². The number of hydrogen-bond acceptors (Lipinski definition) is 3. The number of rotatable bonds is 2. The Balaban J connectivity index is 3.07. The van der Waals surface area contributed by atoms with Crippen molar-refractivity contribution in [1.82, 2.24) is 5.32 Å². The summed E-state index contributed by atoms with van der Waals surface area (Å²) in [6.45, 7) is 0. The van der Waals surface area contributed by atoms with Crippen LogP contribution >= 0.6 is 0 Å². The van der Waals surface area contributed by atoms with E-state index >= 15 is 0 Å². The minimum atomic E-state index is -3.83. The first kappa shape index (κ1) is 11.0. The minimum Gasteiger partial charge on any atom is -0.368 e. The SMILES string of the molecule is N#CN/C(N)=N/S(=O)(=O)c1ccccc1. The highest BCUT2D eigenvalue weighted by molar-refractivity contribution is 7.90. The number of hydrogen-bond donors (Lipinski definition) is 2. The van der Waals surface area contributed by atoms with Gasteiger partial charge in [-0.2, -0.15) is 13.7 Å². The summed E-state index contributed by atoms with van der Waals surface area (Å²) in [4.78, 5) is 0.0210. The van der Waals surface area contributed by atoms with Gasteiger partial charge in [-0.3, -0.25) is 5.32 Å². The molecule has 0 aliphatic heterocycles. The van der Waals surface area contributed by atoms with Gasteiger partial charge in [-0.1, -0.05) is 18.2 Å². The zero-order valence-corrected chi connectivity index (χ0v) is 8.40. The number of guanidine groups is 1. The molecule has 78 valence electrons. The Morgan fingerprint density at radius 1 is 1.40 bits per heavy atom. The van der Waals surface area contributed by atoms with Gasteiger partial charge in [-0.15, -0.1) is 4.40 Å². The van der Waals surface area contributed by atoms with Gasteiger partial charge in [0.2, 0.25) is 5.96 Å². The van der Waals surface area contributed by atoms with Crippen LogP contribution in [-0.4, -0.2) is 14.4 Å². The summed E-state index contributed by atoms with van der Waals surface area (Å²) in [6.07, 6.45) is 1.47. The highest BCUT2D eigenvalue weighted by atomic mass is 32.2. The molecule has 0 unspecified atom stereocenters. The van der Waals surface area contributed by atoms with Gasteiger partial charge in [0.05, 0.1) is 4.90 Å². The molecular weight excluding hydrogens is 216 g/mol. The van der Waals surface area contributed by atoms with Gasteiger partial charge in [0.15, 0.2) is 6.19 Å². The summed E-state index contributed by atoms with van der Waals surface area (Å²) in [5.41, 5.74) is 5.14. The van der Waals surface area contributed by atoms with Crippen molar-refractivity contribution >= 4 is 16.0 Å². The van der Waals surface area contributed by atoms with E-state index in [-0.39, 0.29) is 4.90 Å². The first-order valence-corrected chi connectivity index (χ1v) is 5.31. The molecule has 0 amide bonds. The Kier molecular flexibility index (Phi) is 3.25. The van der Waals surface area contributed by atoms with Crippen LogP contribution in [0.2, 0.25) is 0 Å². The molecule has 0 radical (unpaired) electrons. The van der Waals surface area contributed by atoms with E-state index in [1.807, 2.05) is 5.32 Å². The highest BCUT2D eigenvalue weighted by Crippen LogP contribution is 2.10. The quantitative estimate of drug-likeness (QED) is 0.312. The monoisotopic (exact) mass is 224 g/mol. The number of benzene rings is 1. The lowest BCUT2D eigenvalue weighted by molar-refractivity contribution is 0.598. The van der Waals surface area contributed by atoms with E-state index in [0.29, 0.717) is 0 Å². The molecule has 1 aromatic rings. The summed E-state index contributed by atoms with van der Waals surface area (Å²) in [5.74, 6) is -0.457. The maximum Gasteiger partial charge on any atom is 0.285 e. The largest absolute Gasteiger partial charge is 0.368 e. The number of nitrogens with two attached hydrogens (primary N) is 1. The van der Waals surface area contributed by atoms with Crippen LogP contribution in [0.3, 0.4) is 0 Å². The number of sulfonamides is 1. The summed E-state index contributed by atoms with van der Waals surface area (Å²) in [5, 5.41) is 10.1. The topological polar surface area (TPSA) is 108 Å². The third-order valence-electron chi connectivity index (χ3n) is 1.44. The smallest absolute Gasteiger partial charge is 0.285 e. The van der Waals surface area contributed by atoms with Crippen molar-refractivity contribution in [1.29, 1.82) is 5.26 Å². The van der Waals surface area contributed by atoms with Gasteiger partial charge in [0.25, 0.3) is 10.0 Å². The molecule has 1 rings (SSSR count). The first-order valence-electron chi connectivity index (χ1n) is 3.87. The maximum absolute atomic E-state index is 11.5. The van der Waals surface area contributed by atoms with E-state index in [1.165, 1.54) is 18.3 Å². The van der Waals surface area contributed by atoms with Gasteiger partial charge < -0.3 is 5.73 Å². The van der Waals surface area contributed by atoms with Gasteiger partial charge >= 0.3 is 0 Å². The van der Waals surface area contributed by atoms with Crippen LogP contribution in [0.15, 0.2) is 39.6 Å². The molecular formula is C8H8N4O2S. The standard InChI is InChI=1S/C8H8N4O2S/c9-6-11-8(10)12-15(13,14)7-4-2-1-3-5-7/h1-5H,(H3,10,11,12). The average Bonchev–Trinajstić information content (AvgIpc) is 2.18. The summed E-state index contributed by atoms with van der Waals surface area (Å²) < 4.78 is 26.2. The molecule has 0 heterocycles. The molecule has 0 atom stereocenters. The van der Waals surface area contributed by atoms with Crippen LogP contribution in [0.25, 0.3) is 0 Å². The predicted octanol–water partition coefficient (Wildman–Crippen LogP) is -0.239. The van der Waals surface area contributed by atoms with E-state index in [1.54, 1.807) is 18.2 Å². The van der Waals surface area contributed by atoms with Gasteiger partial charge in [0.1, 0.15) is 0 Å². The van der Waals surface area contributed by atoms with Crippen molar-refractivity contribution in [2.45, 2.75) is 4.90 Å². The second-order valence-corrected chi connectivity index (χ2v) is 4.11. The Hall–Kier alpha value is -2.07. The second kappa shape index (κ2) is 4.43. The zero-order valence-electron chi connectivity index (χ0n) is 7.58. The fraction of sp³-hybridized carbons (Fsp3) is 0. The summed E-state index contributed by atoms with van der Waals surface area (Å²) in [6, 6.07) is 7.59. The zero-order chi connectivity index (χ0) is 11.3. The summed E-state index contributed by atoms with van der Waals surface area (Å²) >= 11 is 0. The molecule has 0 spiro atoms. The van der Waals surface area contributed by atoms with Crippen molar-refractivity contribution in [3.63, 3.8) is 0 Å². The van der Waals surface area contributed by atoms with Crippen LogP contribution in [0.5, 0.6) is 0 Å². The van der Waals surface area contributed by atoms with Crippen molar-refractivity contribution in [3.05, 3.63) is 30.3 Å². The van der Waals surface area contributed by atoms with Crippen molar-refractivity contribution in [2.75, 3.05) is 0 Å². The normalized spacial score (nSPS) is 11.8. The molecule has 0 aliphatic rings. The molecule has 6 nitrogen and oxygen atoms in total. The molecule has 0 bridgehead atoms. The van der Waals surface area contributed by atoms with Gasteiger partial charge in [-0.25, -0.2) is 0 Å². The third kappa shape index (κ3) is 2.96. The lowest BCUT2D eigenvalue weighted by atomic mass is 10.4. The fourth-order valence-corrected chi connectivity index (χ4v) is 1.77. The Labute approximate surface area is 87.1 Å². The molecule has 0 fully saturated rings. The van der Waals surface area contributed by atoms with Gasteiger partial charge in [-0.05, 0) is 12.1 Å².